The van der Waals surface area contributed by atoms with Crippen LogP contribution in [0.25, 0.3) is 0 Å². The maximum Gasteiger partial charge on any atom is 0.344 e. The molecule has 0 radical (unpaired) electrons. The molecule has 0 spiro atoms. The normalized spacial score (nSPS) is 12.2. The summed E-state index contributed by atoms with van der Waals surface area (Å²) in [7, 11) is 0. The Hall–Kier alpha value is -2.64. The Bertz CT molecular complexity index is 858. The SMILES string of the molecule is O=C(COC(=O)COc1ccc(Cl)cc1Cl)Nc1ccc2c(c1)OCCO2. The number of fused-ring (bicyclic) bond motifs is 1. The molecular formula is C18H15Cl2NO6. The van der Waals surface area contributed by atoms with Crippen molar-refractivity contribution in [3.8, 4) is 17.2 Å². The van der Waals surface area contributed by atoms with E-state index in [2.05, 4.69) is 5.32 Å². The fraction of sp³-hybridized carbons (Fsp3) is 0.222. The Morgan fingerprint density at radius 2 is 1.78 bits per heavy atom. The van der Waals surface area contributed by atoms with E-state index in [0.29, 0.717) is 41.2 Å². The summed E-state index contributed by atoms with van der Waals surface area (Å²) in [6.45, 7) is 0.0846. The van der Waals surface area contributed by atoms with Gasteiger partial charge in [-0.3, -0.25) is 4.79 Å². The molecule has 1 N–H and O–H groups in total. The van der Waals surface area contributed by atoms with Gasteiger partial charge in [0.2, 0.25) is 0 Å². The first kappa shape index (κ1) is 19.1. The van der Waals surface area contributed by atoms with E-state index in [1.54, 1.807) is 24.3 Å². The number of benzene rings is 2. The molecule has 0 bridgehead atoms. The monoisotopic (exact) mass is 411 g/mol. The molecule has 0 fully saturated rings. The fourth-order valence-corrected chi connectivity index (χ4v) is 2.70. The van der Waals surface area contributed by atoms with Crippen LogP contribution in [0, 0.1) is 0 Å². The number of rotatable bonds is 6. The summed E-state index contributed by atoms with van der Waals surface area (Å²) in [5.74, 6) is 0.245. The van der Waals surface area contributed by atoms with Crippen LogP contribution >= 0.6 is 23.2 Å². The molecule has 1 amide bonds. The zero-order valence-electron chi connectivity index (χ0n) is 14.0. The molecule has 7 nitrogen and oxygen atoms in total. The van der Waals surface area contributed by atoms with Gasteiger partial charge >= 0.3 is 5.97 Å². The smallest absolute Gasteiger partial charge is 0.344 e. The molecule has 2 aromatic carbocycles. The van der Waals surface area contributed by atoms with Crippen LogP contribution in [-0.4, -0.2) is 38.3 Å². The van der Waals surface area contributed by atoms with E-state index in [0.717, 1.165) is 0 Å². The molecule has 0 atom stereocenters. The molecule has 0 saturated carbocycles. The maximum atomic E-state index is 11.9. The molecule has 9 heteroatoms. The van der Waals surface area contributed by atoms with Gasteiger partial charge in [-0.05, 0) is 30.3 Å². The molecule has 0 aliphatic carbocycles. The van der Waals surface area contributed by atoms with Crippen LogP contribution in [0.1, 0.15) is 0 Å². The second kappa shape index (κ2) is 8.83. The van der Waals surface area contributed by atoms with Gasteiger partial charge in [0, 0.05) is 16.8 Å². The summed E-state index contributed by atoms with van der Waals surface area (Å²) in [4.78, 5) is 23.6. The number of anilines is 1. The molecule has 142 valence electrons. The van der Waals surface area contributed by atoms with Crippen LogP contribution in [0.3, 0.4) is 0 Å². The number of hydrogen-bond donors (Lipinski definition) is 1. The van der Waals surface area contributed by atoms with Crippen LogP contribution in [0.4, 0.5) is 5.69 Å². The van der Waals surface area contributed by atoms with Crippen LogP contribution in [0.5, 0.6) is 17.2 Å². The van der Waals surface area contributed by atoms with E-state index < -0.39 is 25.1 Å². The van der Waals surface area contributed by atoms with Crippen LogP contribution in [-0.2, 0) is 14.3 Å². The zero-order chi connectivity index (χ0) is 19.2. The number of carbonyl (C=O) groups is 2. The van der Waals surface area contributed by atoms with Gasteiger partial charge in [-0.2, -0.15) is 0 Å². The number of esters is 1. The Labute approximate surface area is 165 Å². The van der Waals surface area contributed by atoms with Gasteiger partial charge in [0.25, 0.3) is 5.91 Å². The van der Waals surface area contributed by atoms with E-state index in [9.17, 15) is 9.59 Å². The number of nitrogens with one attached hydrogen (secondary N) is 1. The largest absolute Gasteiger partial charge is 0.486 e. The van der Waals surface area contributed by atoms with E-state index in [1.165, 1.54) is 12.1 Å². The van der Waals surface area contributed by atoms with Crippen molar-refractivity contribution in [3.63, 3.8) is 0 Å². The third kappa shape index (κ3) is 5.42. The maximum absolute atomic E-state index is 11.9. The van der Waals surface area contributed by atoms with Gasteiger partial charge in [0.05, 0.1) is 5.02 Å². The molecule has 0 unspecified atom stereocenters. The summed E-state index contributed by atoms with van der Waals surface area (Å²) < 4.78 is 21.0. The zero-order valence-corrected chi connectivity index (χ0v) is 15.5. The van der Waals surface area contributed by atoms with E-state index in [-0.39, 0.29) is 5.02 Å². The summed E-state index contributed by atoms with van der Waals surface area (Å²) in [6.07, 6.45) is 0. The minimum absolute atomic E-state index is 0.270. The standard InChI is InChI=1S/C18H15Cl2NO6/c19-11-1-3-14(13(20)7-11)26-10-18(23)27-9-17(22)21-12-2-4-15-16(8-12)25-6-5-24-15/h1-4,7-8H,5-6,9-10H2,(H,21,22). The summed E-state index contributed by atoms with van der Waals surface area (Å²) in [6, 6.07) is 9.60. The Kier molecular flexibility index (Phi) is 6.26. The molecular weight excluding hydrogens is 397 g/mol. The highest BCUT2D eigenvalue weighted by molar-refractivity contribution is 6.35. The van der Waals surface area contributed by atoms with Crippen molar-refractivity contribution in [1.82, 2.24) is 0 Å². The van der Waals surface area contributed by atoms with Gasteiger partial charge in [-0.15, -0.1) is 0 Å². The topological polar surface area (TPSA) is 83.1 Å². The lowest BCUT2D eigenvalue weighted by molar-refractivity contribution is -0.149. The van der Waals surface area contributed by atoms with Crippen LogP contribution < -0.4 is 19.5 Å². The molecule has 2 aromatic rings. The summed E-state index contributed by atoms with van der Waals surface area (Å²) >= 11 is 11.7. The molecule has 3 rings (SSSR count). The van der Waals surface area contributed by atoms with Gasteiger partial charge in [-0.25, -0.2) is 4.79 Å². The first-order valence-corrected chi connectivity index (χ1v) is 8.70. The van der Waals surface area contributed by atoms with Gasteiger partial charge in [0.1, 0.15) is 19.0 Å². The highest BCUT2D eigenvalue weighted by atomic mass is 35.5. The lowest BCUT2D eigenvalue weighted by Crippen LogP contribution is -2.24. The Morgan fingerprint density at radius 3 is 2.56 bits per heavy atom. The van der Waals surface area contributed by atoms with Crippen LogP contribution in [0.15, 0.2) is 36.4 Å². The average Bonchev–Trinajstić information content (AvgIpc) is 2.65. The number of hydrogen-bond acceptors (Lipinski definition) is 6. The quantitative estimate of drug-likeness (QED) is 0.733. The molecule has 1 aliphatic rings. The molecule has 1 aliphatic heterocycles. The minimum atomic E-state index is -0.710. The number of amides is 1. The molecule has 0 saturated heterocycles. The lowest BCUT2D eigenvalue weighted by Gasteiger charge is -2.19. The van der Waals surface area contributed by atoms with E-state index in [4.69, 9.17) is 42.1 Å². The third-order valence-corrected chi connectivity index (χ3v) is 3.96. The lowest BCUT2D eigenvalue weighted by atomic mass is 10.2. The summed E-state index contributed by atoms with van der Waals surface area (Å²) in [5.41, 5.74) is 0.504. The first-order valence-electron chi connectivity index (χ1n) is 7.94. The second-order valence-corrected chi connectivity index (χ2v) is 6.27. The van der Waals surface area contributed by atoms with Gasteiger partial charge in [-0.1, -0.05) is 23.2 Å². The molecule has 0 aromatic heterocycles. The second-order valence-electron chi connectivity index (χ2n) is 5.43. The van der Waals surface area contributed by atoms with Crippen molar-refractivity contribution in [3.05, 3.63) is 46.4 Å². The Morgan fingerprint density at radius 1 is 1.00 bits per heavy atom. The van der Waals surface area contributed by atoms with Crippen LogP contribution in [0.2, 0.25) is 10.0 Å². The van der Waals surface area contributed by atoms with Crippen molar-refractivity contribution >= 4 is 40.8 Å². The number of carbonyl (C=O) groups excluding carboxylic acids is 2. The fourth-order valence-electron chi connectivity index (χ4n) is 2.23. The number of ether oxygens (including phenoxy) is 4. The summed E-state index contributed by atoms with van der Waals surface area (Å²) in [5, 5.41) is 3.33. The van der Waals surface area contributed by atoms with Gasteiger partial charge < -0.3 is 24.3 Å². The molecule has 1 heterocycles. The van der Waals surface area contributed by atoms with Crippen molar-refractivity contribution in [1.29, 1.82) is 0 Å². The average molecular weight is 412 g/mol. The predicted molar refractivity (Wildman–Crippen MR) is 99.0 cm³/mol. The van der Waals surface area contributed by atoms with Crippen molar-refractivity contribution in [2.45, 2.75) is 0 Å². The number of halogens is 2. The highest BCUT2D eigenvalue weighted by Crippen LogP contribution is 2.32. The van der Waals surface area contributed by atoms with Crippen molar-refractivity contribution in [2.75, 3.05) is 31.7 Å². The van der Waals surface area contributed by atoms with E-state index in [1.807, 2.05) is 0 Å². The van der Waals surface area contributed by atoms with Crippen molar-refractivity contribution < 1.29 is 28.5 Å². The molecule has 27 heavy (non-hydrogen) atoms. The minimum Gasteiger partial charge on any atom is -0.486 e. The first-order chi connectivity index (χ1) is 13.0. The van der Waals surface area contributed by atoms with Gasteiger partial charge in [0.15, 0.2) is 24.7 Å². The van der Waals surface area contributed by atoms with E-state index >= 15 is 0 Å². The van der Waals surface area contributed by atoms with Crippen molar-refractivity contribution in [2.24, 2.45) is 0 Å². The Balaban J connectivity index is 1.44. The highest BCUT2D eigenvalue weighted by Gasteiger charge is 2.14. The predicted octanol–water partition coefficient (Wildman–Crippen LogP) is 3.33. The third-order valence-electron chi connectivity index (χ3n) is 3.43.